The minimum absolute atomic E-state index is 0.0781. The van der Waals surface area contributed by atoms with E-state index in [4.69, 9.17) is 9.47 Å². The second-order valence-corrected chi connectivity index (χ2v) is 13.1. The lowest BCUT2D eigenvalue weighted by atomic mass is 9.39. The number of aliphatic carboxylic acids is 1. The Bertz CT molecular complexity index is 932. The van der Waals surface area contributed by atoms with Crippen LogP contribution < -0.4 is 0 Å². The Morgan fingerprint density at radius 2 is 1.71 bits per heavy atom. The first-order valence-electron chi connectivity index (χ1n) is 13.6. The summed E-state index contributed by atoms with van der Waals surface area (Å²) in [5, 5.41) is 95.9. The standard InChI is InChI=1S/C26H42O12/c1-23-5-3-6-24(2,22(34)35)18(23)17(31)19(32)25-8-11(26(36,10-25)7-4-13(23)25)20(33)38-21-16(30)15(29)14(28)12(9-27)37-21/h11-21,27-33,36H,3-10H2,1-2H3,(H,34,35)/t11-,12-,13+,14-,15+,16-,17+,18+,19+,20?,21+,23+,24-,25+,26+/m1/s1. The van der Waals surface area contributed by atoms with Gasteiger partial charge >= 0.3 is 5.97 Å². The summed E-state index contributed by atoms with van der Waals surface area (Å²) in [5.74, 6) is -2.86. The van der Waals surface area contributed by atoms with Crippen molar-refractivity contribution in [1.82, 2.24) is 0 Å². The van der Waals surface area contributed by atoms with E-state index in [2.05, 4.69) is 0 Å². The fourth-order valence-electron chi connectivity index (χ4n) is 9.59. The number of hydrogen-bond donors (Lipinski definition) is 9. The Morgan fingerprint density at radius 3 is 2.34 bits per heavy atom. The van der Waals surface area contributed by atoms with Gasteiger partial charge in [0.1, 0.15) is 24.4 Å². The minimum Gasteiger partial charge on any atom is -0.481 e. The van der Waals surface area contributed by atoms with Crippen molar-refractivity contribution in [3.05, 3.63) is 0 Å². The van der Waals surface area contributed by atoms with Gasteiger partial charge in [-0.2, -0.15) is 0 Å². The van der Waals surface area contributed by atoms with E-state index in [1.807, 2.05) is 6.92 Å². The third kappa shape index (κ3) is 3.76. The lowest BCUT2D eigenvalue weighted by molar-refractivity contribution is -0.343. The molecule has 12 heteroatoms. The molecule has 1 unspecified atom stereocenters. The van der Waals surface area contributed by atoms with Crippen molar-refractivity contribution in [2.45, 2.75) is 114 Å². The Kier molecular flexibility index (Phi) is 7.00. The van der Waals surface area contributed by atoms with Crippen molar-refractivity contribution >= 4 is 5.97 Å². The molecule has 4 saturated carbocycles. The Hall–Kier alpha value is -0.930. The fraction of sp³-hybridized carbons (Fsp3) is 0.962. The fourth-order valence-corrected chi connectivity index (χ4v) is 9.59. The summed E-state index contributed by atoms with van der Waals surface area (Å²) in [6, 6.07) is 0. The predicted molar refractivity (Wildman–Crippen MR) is 127 cm³/mol. The molecule has 4 aliphatic carbocycles. The molecule has 9 N–H and O–H groups in total. The Labute approximate surface area is 220 Å². The van der Waals surface area contributed by atoms with Crippen LogP contribution in [0.15, 0.2) is 0 Å². The average molecular weight is 547 g/mol. The molecule has 2 bridgehead atoms. The van der Waals surface area contributed by atoms with Crippen LogP contribution in [0.2, 0.25) is 0 Å². The average Bonchev–Trinajstić information content (AvgIpc) is 3.09. The minimum atomic E-state index is -1.73. The molecule has 38 heavy (non-hydrogen) atoms. The quantitative estimate of drug-likeness (QED) is 0.176. The van der Waals surface area contributed by atoms with Crippen LogP contribution >= 0.6 is 0 Å². The van der Waals surface area contributed by atoms with Gasteiger partial charge < -0.3 is 55.4 Å². The van der Waals surface area contributed by atoms with E-state index in [0.29, 0.717) is 25.7 Å². The summed E-state index contributed by atoms with van der Waals surface area (Å²) in [7, 11) is 0. The number of fused-ring (bicyclic) bond motifs is 3. The highest BCUT2D eigenvalue weighted by atomic mass is 16.7. The van der Waals surface area contributed by atoms with E-state index in [9.17, 15) is 50.8 Å². The maximum atomic E-state index is 12.4. The lowest BCUT2D eigenvalue weighted by Crippen LogP contribution is -2.69. The molecular formula is C26H42O12. The van der Waals surface area contributed by atoms with Gasteiger partial charge in [-0.1, -0.05) is 13.3 Å². The first-order chi connectivity index (χ1) is 17.7. The molecule has 5 rings (SSSR count). The molecule has 15 atom stereocenters. The zero-order valence-electron chi connectivity index (χ0n) is 21.8. The van der Waals surface area contributed by atoms with Crippen molar-refractivity contribution in [3.8, 4) is 0 Å². The van der Waals surface area contributed by atoms with Gasteiger partial charge in [0.25, 0.3) is 0 Å². The smallest absolute Gasteiger partial charge is 0.309 e. The number of ether oxygens (including phenoxy) is 2. The van der Waals surface area contributed by atoms with Crippen molar-refractivity contribution in [2.24, 2.45) is 34.0 Å². The molecule has 5 fully saturated rings. The summed E-state index contributed by atoms with van der Waals surface area (Å²) in [6.45, 7) is 2.95. The number of carbonyl (C=O) groups is 1. The van der Waals surface area contributed by atoms with E-state index in [1.165, 1.54) is 0 Å². The zero-order chi connectivity index (χ0) is 28.0. The Morgan fingerprint density at radius 1 is 1.03 bits per heavy atom. The largest absolute Gasteiger partial charge is 0.481 e. The molecule has 0 amide bonds. The molecule has 0 aromatic rings. The van der Waals surface area contributed by atoms with Gasteiger partial charge in [-0.15, -0.1) is 0 Å². The first kappa shape index (κ1) is 28.6. The molecule has 0 aromatic heterocycles. The Balaban J connectivity index is 1.43. The van der Waals surface area contributed by atoms with Crippen LogP contribution in [0, 0.1) is 34.0 Å². The number of carboxylic acid groups (broad SMARTS) is 1. The van der Waals surface area contributed by atoms with Crippen molar-refractivity contribution in [1.29, 1.82) is 0 Å². The molecule has 12 nitrogen and oxygen atoms in total. The van der Waals surface area contributed by atoms with Gasteiger partial charge in [-0.05, 0) is 56.8 Å². The van der Waals surface area contributed by atoms with Crippen LogP contribution in [-0.4, -0.2) is 113 Å². The SMILES string of the molecule is C[C@@]12CCC[C@@](C)(C(=O)O)[C@H]1[C@H](O)[C@H](O)[C@]13C[C@H](C(O)O[C@@H]4O[C@H](CO)[C@@H](O)[C@H](O)[C@H]4O)[C@](O)(CC[C@@H]21)C3. The number of rotatable bonds is 5. The highest BCUT2D eigenvalue weighted by molar-refractivity contribution is 5.75. The van der Waals surface area contributed by atoms with E-state index in [-0.39, 0.29) is 25.2 Å². The highest BCUT2D eigenvalue weighted by Crippen LogP contribution is 2.73. The van der Waals surface area contributed by atoms with E-state index < -0.39 is 95.5 Å². The number of aliphatic hydroxyl groups is 8. The molecule has 218 valence electrons. The zero-order valence-corrected chi connectivity index (χ0v) is 21.8. The van der Waals surface area contributed by atoms with Crippen LogP contribution in [-0.2, 0) is 14.3 Å². The number of carboxylic acids is 1. The van der Waals surface area contributed by atoms with Crippen LogP contribution in [0.25, 0.3) is 0 Å². The normalized spacial score (nSPS) is 57.1. The lowest BCUT2D eigenvalue weighted by Gasteiger charge is -2.66. The number of aliphatic hydroxyl groups excluding tert-OH is 7. The van der Waals surface area contributed by atoms with Crippen LogP contribution in [0.3, 0.4) is 0 Å². The summed E-state index contributed by atoms with van der Waals surface area (Å²) in [5.41, 5.74) is -4.31. The molecule has 1 saturated heterocycles. The second-order valence-electron chi connectivity index (χ2n) is 13.1. The summed E-state index contributed by atoms with van der Waals surface area (Å²) >= 11 is 0. The van der Waals surface area contributed by atoms with E-state index in [1.54, 1.807) is 6.92 Å². The number of hydrogen-bond acceptors (Lipinski definition) is 11. The monoisotopic (exact) mass is 546 g/mol. The third-order valence-electron chi connectivity index (χ3n) is 11.3. The maximum absolute atomic E-state index is 12.4. The van der Waals surface area contributed by atoms with Crippen LogP contribution in [0.5, 0.6) is 0 Å². The van der Waals surface area contributed by atoms with Crippen molar-refractivity contribution in [3.63, 3.8) is 0 Å². The summed E-state index contributed by atoms with van der Waals surface area (Å²) < 4.78 is 10.9. The van der Waals surface area contributed by atoms with Crippen molar-refractivity contribution < 1.29 is 60.2 Å². The predicted octanol–water partition coefficient (Wildman–Crippen LogP) is -1.71. The molecule has 0 aromatic carbocycles. The third-order valence-corrected chi connectivity index (χ3v) is 11.3. The molecule has 0 radical (unpaired) electrons. The topological polar surface area (TPSA) is 218 Å². The molecule has 1 aliphatic heterocycles. The maximum Gasteiger partial charge on any atom is 0.309 e. The van der Waals surface area contributed by atoms with Gasteiger partial charge in [0.15, 0.2) is 12.6 Å². The molecule has 5 aliphatic rings. The molecule has 1 heterocycles. The van der Waals surface area contributed by atoms with Gasteiger partial charge in [-0.25, -0.2) is 0 Å². The van der Waals surface area contributed by atoms with Gasteiger partial charge in [-0.3, -0.25) is 4.79 Å². The summed E-state index contributed by atoms with van der Waals surface area (Å²) in [4.78, 5) is 12.4. The summed E-state index contributed by atoms with van der Waals surface area (Å²) in [6.07, 6.45) is -9.65. The van der Waals surface area contributed by atoms with Gasteiger partial charge in [0, 0.05) is 17.3 Å². The van der Waals surface area contributed by atoms with E-state index in [0.717, 1.165) is 0 Å². The van der Waals surface area contributed by atoms with E-state index >= 15 is 0 Å². The van der Waals surface area contributed by atoms with Gasteiger partial charge in [0.05, 0.1) is 29.8 Å². The highest BCUT2D eigenvalue weighted by Gasteiger charge is 2.75. The van der Waals surface area contributed by atoms with Gasteiger partial charge in [0.2, 0.25) is 0 Å². The van der Waals surface area contributed by atoms with Crippen molar-refractivity contribution in [2.75, 3.05) is 6.61 Å². The first-order valence-corrected chi connectivity index (χ1v) is 13.6. The molecule has 1 spiro atoms. The molecular weight excluding hydrogens is 504 g/mol. The van der Waals surface area contributed by atoms with Crippen LogP contribution in [0.1, 0.15) is 58.8 Å². The van der Waals surface area contributed by atoms with Crippen LogP contribution in [0.4, 0.5) is 0 Å². The second kappa shape index (κ2) is 9.30.